The van der Waals surface area contributed by atoms with Crippen molar-refractivity contribution in [2.45, 2.75) is 83.2 Å². The summed E-state index contributed by atoms with van der Waals surface area (Å²) < 4.78 is 0. The van der Waals surface area contributed by atoms with Crippen LogP contribution in [0.2, 0.25) is 5.02 Å². The Morgan fingerprint density at radius 3 is 2.00 bits per heavy atom. The summed E-state index contributed by atoms with van der Waals surface area (Å²) in [4.78, 5) is 41.9. The van der Waals surface area contributed by atoms with Crippen LogP contribution < -0.4 is 22.5 Å². The van der Waals surface area contributed by atoms with Gasteiger partial charge in [-0.3, -0.25) is 14.4 Å². The number of rotatable bonds is 10. The molecule has 0 spiro atoms. The lowest BCUT2D eigenvalue weighted by Gasteiger charge is -2.15. The van der Waals surface area contributed by atoms with Gasteiger partial charge in [0.25, 0.3) is 0 Å². The third-order valence-electron chi connectivity index (χ3n) is 5.84. The second-order valence-electron chi connectivity index (χ2n) is 9.48. The van der Waals surface area contributed by atoms with E-state index in [2.05, 4.69) is 5.32 Å². The number of carboxylic acid groups (broad SMARTS) is 2. The van der Waals surface area contributed by atoms with Crippen LogP contribution in [0.4, 0.5) is 5.69 Å². The molecule has 0 unspecified atom stereocenters. The van der Waals surface area contributed by atoms with E-state index >= 15 is 0 Å². The maximum Gasteiger partial charge on any atom is 0.335 e. The van der Waals surface area contributed by atoms with Crippen LogP contribution in [0.3, 0.4) is 0 Å². The number of aldehydes is 1. The highest BCUT2D eigenvalue weighted by molar-refractivity contribution is 6.30. The average molecular weight is 593 g/mol. The molecule has 1 fully saturated rings. The van der Waals surface area contributed by atoms with Gasteiger partial charge in [0.05, 0.1) is 5.56 Å². The first kappa shape index (κ1) is 37.7. The normalized spacial score (nSPS) is 13.0. The zero-order valence-corrected chi connectivity index (χ0v) is 24.5. The van der Waals surface area contributed by atoms with E-state index < -0.39 is 18.0 Å². The predicted molar refractivity (Wildman–Crippen MR) is 163 cm³/mol. The fraction of sp³-hybridized carbons (Fsp3) is 0.467. The van der Waals surface area contributed by atoms with Crippen LogP contribution >= 0.6 is 11.6 Å². The van der Waals surface area contributed by atoms with E-state index in [4.69, 9.17) is 39.0 Å². The van der Waals surface area contributed by atoms with E-state index in [-0.39, 0.29) is 11.5 Å². The third-order valence-corrected chi connectivity index (χ3v) is 6.09. The number of amides is 1. The lowest BCUT2D eigenvalue weighted by atomic mass is 9.97. The summed E-state index contributed by atoms with van der Waals surface area (Å²) in [6.07, 6.45) is 11.0. The minimum atomic E-state index is -0.934. The zero-order chi connectivity index (χ0) is 31.0. The summed E-state index contributed by atoms with van der Waals surface area (Å²) >= 11 is 5.52. The zero-order valence-electron chi connectivity index (χ0n) is 23.8. The number of anilines is 1. The minimum absolute atomic E-state index is 0.00588. The molecule has 1 saturated carbocycles. The number of nitrogens with two attached hydrogens (primary N) is 3. The number of carbonyl (C=O) groups is 4. The van der Waals surface area contributed by atoms with Gasteiger partial charge in [-0.2, -0.15) is 0 Å². The summed E-state index contributed by atoms with van der Waals surface area (Å²) in [6, 6.07) is 12.6. The molecule has 1 atom stereocenters. The lowest BCUT2D eigenvalue weighted by molar-refractivity contribution is -0.138. The molecule has 1 aliphatic carbocycles. The monoisotopic (exact) mass is 592 g/mol. The Hall–Kier alpha value is -3.31. The van der Waals surface area contributed by atoms with Crippen LogP contribution in [0.1, 0.15) is 91.8 Å². The van der Waals surface area contributed by atoms with Crippen molar-refractivity contribution in [1.29, 1.82) is 0 Å². The molecule has 10 nitrogen and oxygen atoms in total. The SMILES string of the molecule is CCCC(=O)Nc1ccc(C=O)cc1.NC1CCCCC1.NCCCC[C@H](N)C(=O)O.O=C(O)c1ccc(Cl)cc1. The molecule has 1 amide bonds. The highest BCUT2D eigenvalue weighted by Gasteiger charge is 2.09. The number of nitrogens with one attached hydrogen (secondary N) is 1. The Morgan fingerprint density at radius 2 is 1.59 bits per heavy atom. The standard InChI is InChI=1S/C11H13NO2.C7H5ClO2.C6H14N2O2.C6H13N/c1-2-3-11(14)12-10-6-4-9(8-13)5-7-10;8-6-3-1-5(2-4-6)7(9)10;7-4-2-1-3-5(8)6(9)10;7-6-4-2-1-3-5-6/h4-8H,2-3H2,1H3,(H,12,14);1-4H,(H,9,10);5H,1-4,7-8H2,(H,9,10);6H,1-5,7H2/t;;5-;/m..0./s1. The van der Waals surface area contributed by atoms with Gasteiger partial charge in [0, 0.05) is 28.7 Å². The molecule has 228 valence electrons. The largest absolute Gasteiger partial charge is 0.480 e. The molecule has 2 aromatic rings. The number of carboxylic acids is 2. The van der Waals surface area contributed by atoms with Gasteiger partial charge in [-0.15, -0.1) is 0 Å². The Labute approximate surface area is 247 Å². The highest BCUT2D eigenvalue weighted by Crippen LogP contribution is 2.15. The number of halogens is 1. The van der Waals surface area contributed by atoms with Crippen LogP contribution in [-0.2, 0) is 9.59 Å². The first-order valence-corrected chi connectivity index (χ1v) is 14.2. The van der Waals surface area contributed by atoms with Gasteiger partial charge in [0.2, 0.25) is 5.91 Å². The molecule has 41 heavy (non-hydrogen) atoms. The number of aliphatic carboxylic acids is 1. The van der Waals surface area contributed by atoms with Gasteiger partial charge >= 0.3 is 11.9 Å². The molecular weight excluding hydrogens is 548 g/mol. The van der Waals surface area contributed by atoms with Crippen molar-refractivity contribution in [3.63, 3.8) is 0 Å². The predicted octanol–water partition coefficient (Wildman–Crippen LogP) is 5.08. The molecule has 1 aliphatic rings. The quantitative estimate of drug-likeness (QED) is 0.161. The molecule has 0 bridgehead atoms. The summed E-state index contributed by atoms with van der Waals surface area (Å²) in [7, 11) is 0. The molecule has 11 heteroatoms. The molecule has 0 aromatic heterocycles. The maximum absolute atomic E-state index is 11.2. The van der Waals surface area contributed by atoms with Gasteiger partial charge in [-0.05, 0) is 87.2 Å². The molecule has 0 saturated heterocycles. The Balaban J connectivity index is 0.000000535. The fourth-order valence-corrected chi connectivity index (χ4v) is 3.58. The van der Waals surface area contributed by atoms with Crippen molar-refractivity contribution < 1.29 is 29.4 Å². The van der Waals surface area contributed by atoms with Gasteiger partial charge in [-0.25, -0.2) is 4.79 Å². The number of carbonyl (C=O) groups excluding carboxylic acids is 2. The summed E-state index contributed by atoms with van der Waals surface area (Å²) in [6.45, 7) is 2.56. The first-order chi connectivity index (χ1) is 19.5. The van der Waals surface area contributed by atoms with Crippen molar-refractivity contribution in [2.75, 3.05) is 11.9 Å². The highest BCUT2D eigenvalue weighted by atomic mass is 35.5. The fourth-order valence-electron chi connectivity index (χ4n) is 3.45. The van der Waals surface area contributed by atoms with Crippen LogP contribution in [-0.4, -0.2) is 53.0 Å². The number of benzene rings is 2. The average Bonchev–Trinajstić information content (AvgIpc) is 2.95. The van der Waals surface area contributed by atoms with E-state index in [0.717, 1.165) is 31.2 Å². The second-order valence-corrected chi connectivity index (χ2v) is 9.91. The van der Waals surface area contributed by atoms with Crippen molar-refractivity contribution >= 4 is 41.4 Å². The first-order valence-electron chi connectivity index (χ1n) is 13.8. The molecule has 0 radical (unpaired) electrons. The number of unbranched alkanes of at least 4 members (excludes halogenated alkanes) is 1. The topological polar surface area (TPSA) is 199 Å². The van der Waals surface area contributed by atoms with Crippen LogP contribution in [0.5, 0.6) is 0 Å². The summed E-state index contributed by atoms with van der Waals surface area (Å²) in [5.74, 6) is -1.86. The van der Waals surface area contributed by atoms with Gasteiger partial charge in [-0.1, -0.05) is 44.2 Å². The van der Waals surface area contributed by atoms with E-state index in [9.17, 15) is 19.2 Å². The molecule has 9 N–H and O–H groups in total. The van der Waals surface area contributed by atoms with Gasteiger partial charge < -0.3 is 32.7 Å². The van der Waals surface area contributed by atoms with E-state index in [1.807, 2.05) is 6.92 Å². The number of aromatic carboxylic acids is 1. The van der Waals surface area contributed by atoms with E-state index in [0.29, 0.717) is 36.0 Å². The number of hydrogen-bond donors (Lipinski definition) is 6. The Kier molecular flexibility index (Phi) is 21.5. The second kappa shape index (κ2) is 23.4. The summed E-state index contributed by atoms with van der Waals surface area (Å²) in [5.41, 5.74) is 17.6. The van der Waals surface area contributed by atoms with E-state index in [1.54, 1.807) is 36.4 Å². The minimum Gasteiger partial charge on any atom is -0.480 e. The van der Waals surface area contributed by atoms with Gasteiger partial charge in [0.1, 0.15) is 12.3 Å². The van der Waals surface area contributed by atoms with Crippen LogP contribution in [0, 0.1) is 0 Å². The summed E-state index contributed by atoms with van der Waals surface area (Å²) in [5, 5.41) is 20.0. The van der Waals surface area contributed by atoms with Crippen molar-refractivity contribution in [1.82, 2.24) is 0 Å². The Morgan fingerprint density at radius 1 is 1.00 bits per heavy atom. The number of hydrogen-bond acceptors (Lipinski definition) is 7. The Bertz CT molecular complexity index is 1010. The molecule has 3 rings (SSSR count). The van der Waals surface area contributed by atoms with Crippen molar-refractivity contribution in [3.8, 4) is 0 Å². The van der Waals surface area contributed by atoms with Crippen LogP contribution in [0.15, 0.2) is 48.5 Å². The molecular formula is C30H45ClN4O6. The molecule has 0 heterocycles. The van der Waals surface area contributed by atoms with Crippen molar-refractivity contribution in [3.05, 3.63) is 64.7 Å². The maximum atomic E-state index is 11.2. The van der Waals surface area contributed by atoms with E-state index in [1.165, 1.54) is 44.2 Å². The smallest absolute Gasteiger partial charge is 0.335 e. The van der Waals surface area contributed by atoms with Crippen LogP contribution in [0.25, 0.3) is 0 Å². The molecule has 2 aromatic carbocycles. The molecule has 0 aliphatic heterocycles. The lowest BCUT2D eigenvalue weighted by Crippen LogP contribution is -2.29. The third kappa shape index (κ3) is 20.3. The van der Waals surface area contributed by atoms with Gasteiger partial charge in [0.15, 0.2) is 0 Å². The van der Waals surface area contributed by atoms with Crippen molar-refractivity contribution in [2.24, 2.45) is 17.2 Å².